The second-order valence-electron chi connectivity index (χ2n) is 8.11. The molecule has 0 saturated carbocycles. The standard InChI is InChI=1S/C29H36N2O3/c1-5-22(3)12-10-16-25(6-2)29(33)31-27(19-23-13-8-7-9-14-23)28(32)21-30-20-24-15-11-17-26(18-24)34-4/h6-18,27,30H,5,19-21H2,1-4H3,(H,31,33)/b16-10-,22-12+,25-6+/t27-/m0/s1. The van der Waals surface area contributed by atoms with Crippen molar-refractivity contribution in [3.8, 4) is 5.75 Å². The van der Waals surface area contributed by atoms with Crippen molar-refractivity contribution in [2.24, 2.45) is 0 Å². The maximum atomic E-state index is 13.1. The van der Waals surface area contributed by atoms with Gasteiger partial charge >= 0.3 is 0 Å². The van der Waals surface area contributed by atoms with Gasteiger partial charge in [-0.15, -0.1) is 0 Å². The molecule has 0 unspecified atom stereocenters. The number of methoxy groups -OCH3 is 1. The molecule has 0 aliphatic heterocycles. The number of hydrogen-bond acceptors (Lipinski definition) is 4. The Bertz CT molecular complexity index is 1020. The highest BCUT2D eigenvalue weighted by Crippen LogP contribution is 2.12. The highest BCUT2D eigenvalue weighted by atomic mass is 16.5. The lowest BCUT2D eigenvalue weighted by Crippen LogP contribution is -2.46. The number of hydrogen-bond donors (Lipinski definition) is 2. The normalized spacial score (nSPS) is 13.1. The topological polar surface area (TPSA) is 67.4 Å². The molecular formula is C29H36N2O3. The van der Waals surface area contributed by atoms with Gasteiger partial charge in [0.05, 0.1) is 19.7 Å². The van der Waals surface area contributed by atoms with E-state index in [0.29, 0.717) is 18.5 Å². The summed E-state index contributed by atoms with van der Waals surface area (Å²) in [5, 5.41) is 6.14. The van der Waals surface area contributed by atoms with Gasteiger partial charge in [0.2, 0.25) is 0 Å². The van der Waals surface area contributed by atoms with Crippen LogP contribution in [0.3, 0.4) is 0 Å². The molecule has 34 heavy (non-hydrogen) atoms. The van der Waals surface area contributed by atoms with Crippen LogP contribution in [0.1, 0.15) is 38.3 Å². The average molecular weight is 461 g/mol. The summed E-state index contributed by atoms with van der Waals surface area (Å²) in [6.07, 6.45) is 8.79. The van der Waals surface area contributed by atoms with Crippen molar-refractivity contribution in [1.29, 1.82) is 0 Å². The predicted octanol–water partition coefficient (Wildman–Crippen LogP) is 4.94. The van der Waals surface area contributed by atoms with E-state index in [4.69, 9.17) is 4.74 Å². The van der Waals surface area contributed by atoms with Crippen LogP contribution in [0.25, 0.3) is 0 Å². The summed E-state index contributed by atoms with van der Waals surface area (Å²) in [6.45, 7) is 6.63. The van der Waals surface area contributed by atoms with Crippen molar-refractivity contribution in [3.63, 3.8) is 0 Å². The van der Waals surface area contributed by atoms with Gasteiger partial charge in [-0.25, -0.2) is 0 Å². The minimum absolute atomic E-state index is 0.0683. The van der Waals surface area contributed by atoms with Gasteiger partial charge in [-0.05, 0) is 56.0 Å². The molecule has 0 radical (unpaired) electrons. The number of ketones is 1. The number of allylic oxidation sites excluding steroid dienone is 4. The maximum Gasteiger partial charge on any atom is 0.251 e. The summed E-state index contributed by atoms with van der Waals surface area (Å²) in [7, 11) is 1.63. The van der Waals surface area contributed by atoms with E-state index in [2.05, 4.69) is 17.6 Å². The summed E-state index contributed by atoms with van der Waals surface area (Å²) in [5.41, 5.74) is 3.77. The fourth-order valence-corrected chi connectivity index (χ4v) is 3.31. The third kappa shape index (κ3) is 9.20. The number of benzene rings is 2. The van der Waals surface area contributed by atoms with Gasteiger partial charge in [-0.3, -0.25) is 9.59 Å². The van der Waals surface area contributed by atoms with Crippen molar-refractivity contribution >= 4 is 11.7 Å². The molecule has 1 amide bonds. The number of Topliss-reactive ketones (excluding diaryl/α,β-unsaturated/α-hetero) is 1. The molecule has 0 aliphatic carbocycles. The summed E-state index contributed by atoms with van der Waals surface area (Å²) in [6, 6.07) is 16.8. The van der Waals surface area contributed by atoms with Crippen LogP contribution in [0.4, 0.5) is 0 Å². The van der Waals surface area contributed by atoms with E-state index in [-0.39, 0.29) is 18.2 Å². The molecule has 5 heteroatoms. The monoisotopic (exact) mass is 460 g/mol. The predicted molar refractivity (Wildman–Crippen MR) is 139 cm³/mol. The SMILES string of the molecule is C\C=C(/C=C\C=C(/C)CC)C(=O)N[C@@H](Cc1ccccc1)C(=O)CNCc1cccc(OC)c1. The maximum absolute atomic E-state index is 13.1. The first-order chi connectivity index (χ1) is 16.5. The second-order valence-corrected chi connectivity index (χ2v) is 8.11. The van der Waals surface area contributed by atoms with E-state index in [1.807, 2.05) is 80.6 Å². The lowest BCUT2D eigenvalue weighted by Gasteiger charge is -2.19. The molecule has 180 valence electrons. The summed E-state index contributed by atoms with van der Waals surface area (Å²) in [5.74, 6) is 0.445. The molecule has 0 bridgehead atoms. The number of carbonyl (C=O) groups excluding carboxylic acids is 2. The van der Waals surface area contributed by atoms with E-state index in [1.165, 1.54) is 5.57 Å². The Kier molecular flexibility index (Phi) is 11.6. The Labute approximate surface area is 203 Å². The zero-order chi connectivity index (χ0) is 24.8. The molecule has 0 aliphatic rings. The number of ether oxygens (including phenoxy) is 1. The molecular weight excluding hydrogens is 424 g/mol. The molecule has 2 aromatic carbocycles. The van der Waals surface area contributed by atoms with Crippen LogP contribution in [0, 0.1) is 0 Å². The number of amides is 1. The lowest BCUT2D eigenvalue weighted by molar-refractivity contribution is -0.125. The van der Waals surface area contributed by atoms with Crippen LogP contribution in [0.15, 0.2) is 90.0 Å². The van der Waals surface area contributed by atoms with Gasteiger partial charge in [0.25, 0.3) is 5.91 Å². The molecule has 2 aromatic rings. The third-order valence-corrected chi connectivity index (χ3v) is 5.53. The van der Waals surface area contributed by atoms with Crippen molar-refractivity contribution < 1.29 is 14.3 Å². The van der Waals surface area contributed by atoms with Crippen LogP contribution in [-0.2, 0) is 22.6 Å². The fourth-order valence-electron chi connectivity index (χ4n) is 3.31. The van der Waals surface area contributed by atoms with Gasteiger partial charge in [0.1, 0.15) is 5.75 Å². The minimum Gasteiger partial charge on any atom is -0.497 e. The fraction of sp³-hybridized carbons (Fsp3) is 0.310. The van der Waals surface area contributed by atoms with Gasteiger partial charge in [0, 0.05) is 12.1 Å². The molecule has 5 nitrogen and oxygen atoms in total. The Morgan fingerprint density at radius 2 is 1.79 bits per heavy atom. The zero-order valence-electron chi connectivity index (χ0n) is 20.6. The smallest absolute Gasteiger partial charge is 0.251 e. The number of carbonyl (C=O) groups is 2. The molecule has 0 fully saturated rings. The van der Waals surface area contributed by atoms with E-state index >= 15 is 0 Å². The first kappa shape index (κ1) is 26.8. The van der Waals surface area contributed by atoms with Crippen molar-refractivity contribution in [3.05, 3.63) is 101 Å². The Hall–Kier alpha value is -3.44. The number of rotatable bonds is 13. The summed E-state index contributed by atoms with van der Waals surface area (Å²) < 4.78 is 5.25. The van der Waals surface area contributed by atoms with Crippen LogP contribution in [0.2, 0.25) is 0 Å². The van der Waals surface area contributed by atoms with Crippen LogP contribution < -0.4 is 15.4 Å². The largest absolute Gasteiger partial charge is 0.497 e. The highest BCUT2D eigenvalue weighted by Gasteiger charge is 2.21. The van der Waals surface area contributed by atoms with Crippen LogP contribution >= 0.6 is 0 Å². The Morgan fingerprint density at radius 1 is 1.06 bits per heavy atom. The molecule has 0 aromatic heterocycles. The molecule has 2 rings (SSSR count). The molecule has 0 saturated heterocycles. The summed E-state index contributed by atoms with van der Waals surface area (Å²) >= 11 is 0. The van der Waals surface area contributed by atoms with Gasteiger partial charge < -0.3 is 15.4 Å². The van der Waals surface area contributed by atoms with E-state index in [1.54, 1.807) is 19.3 Å². The molecule has 2 N–H and O–H groups in total. The third-order valence-electron chi connectivity index (χ3n) is 5.53. The van der Waals surface area contributed by atoms with Gasteiger partial charge in [0.15, 0.2) is 5.78 Å². The minimum atomic E-state index is -0.635. The Morgan fingerprint density at radius 3 is 2.47 bits per heavy atom. The molecule has 0 spiro atoms. The zero-order valence-corrected chi connectivity index (χ0v) is 20.6. The molecule has 0 heterocycles. The quantitative estimate of drug-likeness (QED) is 0.328. The number of nitrogens with one attached hydrogen (secondary N) is 2. The lowest BCUT2D eigenvalue weighted by atomic mass is 10.0. The average Bonchev–Trinajstić information content (AvgIpc) is 2.86. The highest BCUT2D eigenvalue weighted by molar-refractivity contribution is 5.99. The van der Waals surface area contributed by atoms with Crippen LogP contribution in [-0.4, -0.2) is 31.4 Å². The molecule has 1 atom stereocenters. The van der Waals surface area contributed by atoms with Crippen LogP contribution in [0.5, 0.6) is 5.75 Å². The van der Waals surface area contributed by atoms with Crippen molar-refractivity contribution in [1.82, 2.24) is 10.6 Å². The van der Waals surface area contributed by atoms with Gasteiger partial charge in [-0.2, -0.15) is 0 Å². The van der Waals surface area contributed by atoms with E-state index < -0.39 is 6.04 Å². The second kappa shape index (κ2) is 14.7. The summed E-state index contributed by atoms with van der Waals surface area (Å²) in [4.78, 5) is 26.1. The van der Waals surface area contributed by atoms with Gasteiger partial charge in [-0.1, -0.05) is 73.2 Å². The first-order valence-corrected chi connectivity index (χ1v) is 11.7. The van der Waals surface area contributed by atoms with E-state index in [0.717, 1.165) is 23.3 Å². The van der Waals surface area contributed by atoms with E-state index in [9.17, 15) is 9.59 Å². The van der Waals surface area contributed by atoms with Crippen molar-refractivity contribution in [2.75, 3.05) is 13.7 Å². The first-order valence-electron chi connectivity index (χ1n) is 11.7. The van der Waals surface area contributed by atoms with Crippen molar-refractivity contribution in [2.45, 2.75) is 46.2 Å². The Balaban J connectivity index is 2.07.